The quantitative estimate of drug-likeness (QED) is 0.740. The van der Waals surface area contributed by atoms with Crippen molar-refractivity contribution < 1.29 is 19.0 Å². The van der Waals surface area contributed by atoms with E-state index in [9.17, 15) is 4.79 Å². The third kappa shape index (κ3) is 2.99. The van der Waals surface area contributed by atoms with E-state index >= 15 is 0 Å². The number of nitrogens with zero attached hydrogens (tertiary/aromatic N) is 1. The number of benzene rings is 2. The molecule has 5 rings (SSSR count). The van der Waals surface area contributed by atoms with E-state index < -0.39 is 0 Å². The lowest BCUT2D eigenvalue weighted by Crippen LogP contribution is -2.46. The first-order valence-corrected chi connectivity index (χ1v) is 10.4. The van der Waals surface area contributed by atoms with Crippen LogP contribution in [0.5, 0.6) is 11.5 Å². The topological polar surface area (TPSA) is 48.0 Å². The number of ether oxygens (including phenoxy) is 3. The van der Waals surface area contributed by atoms with Crippen LogP contribution in [0.3, 0.4) is 0 Å². The predicted molar refractivity (Wildman–Crippen MR) is 110 cm³/mol. The Hall–Kier alpha value is -2.53. The zero-order valence-electron chi connectivity index (χ0n) is 17.0. The van der Waals surface area contributed by atoms with Gasteiger partial charge in [-0.05, 0) is 56.6 Å². The maximum Gasteiger partial charge on any atom is 0.338 e. The molecule has 3 aliphatic rings. The number of carbonyl (C=O) groups is 1. The van der Waals surface area contributed by atoms with Crippen LogP contribution in [-0.2, 0) is 16.7 Å². The van der Waals surface area contributed by atoms with Crippen molar-refractivity contribution in [2.45, 2.75) is 49.9 Å². The van der Waals surface area contributed by atoms with E-state index in [0.29, 0.717) is 5.56 Å². The van der Waals surface area contributed by atoms with Crippen LogP contribution in [0, 0.1) is 0 Å². The maximum absolute atomic E-state index is 12.5. The minimum Gasteiger partial charge on any atom is -0.493 e. The molecule has 2 aromatic carbocycles. The highest BCUT2D eigenvalue weighted by Crippen LogP contribution is 2.57. The monoisotopic (exact) mass is 393 g/mol. The molecule has 5 nitrogen and oxygen atoms in total. The Bertz CT molecular complexity index is 928. The lowest BCUT2D eigenvalue weighted by Gasteiger charge is -2.41. The van der Waals surface area contributed by atoms with Crippen molar-refractivity contribution in [1.82, 2.24) is 4.90 Å². The Kier molecular flexibility index (Phi) is 4.50. The zero-order chi connectivity index (χ0) is 20.0. The highest BCUT2D eigenvalue weighted by molar-refractivity contribution is 5.89. The second-order valence-corrected chi connectivity index (χ2v) is 8.55. The molecule has 2 aliphatic heterocycles. The Labute approximate surface area is 171 Å². The molecule has 2 heterocycles. The third-order valence-electron chi connectivity index (χ3n) is 6.85. The van der Waals surface area contributed by atoms with Gasteiger partial charge in [-0.3, -0.25) is 0 Å². The molecule has 152 valence electrons. The summed E-state index contributed by atoms with van der Waals surface area (Å²) in [7, 11) is 3.88. The molecule has 1 spiro atoms. The standard InChI is InChI=1S/C24H27NO4/c1-25-13-12-24-11-10-18(28-23(26)16-6-4-3-5-7-16)14-20(24)29-22-19(27-2)9-8-17(15-25)21(22)24/h3-9,18,20H,10-15H2,1-2H3/t18-,20-,24-/m0/s1. The summed E-state index contributed by atoms with van der Waals surface area (Å²) in [5.41, 5.74) is 3.25. The van der Waals surface area contributed by atoms with Gasteiger partial charge in [0.05, 0.1) is 12.7 Å². The molecule has 0 radical (unpaired) electrons. The number of hydrogen-bond donors (Lipinski definition) is 0. The van der Waals surface area contributed by atoms with E-state index in [-0.39, 0.29) is 23.6 Å². The van der Waals surface area contributed by atoms with Crippen LogP contribution in [0.4, 0.5) is 0 Å². The average molecular weight is 393 g/mol. The van der Waals surface area contributed by atoms with E-state index in [2.05, 4.69) is 18.0 Å². The van der Waals surface area contributed by atoms with E-state index in [1.165, 1.54) is 11.1 Å². The van der Waals surface area contributed by atoms with E-state index in [1.807, 2.05) is 24.3 Å². The highest BCUT2D eigenvalue weighted by atomic mass is 16.6. The van der Waals surface area contributed by atoms with Gasteiger partial charge in [0.2, 0.25) is 0 Å². The number of hydrogen-bond acceptors (Lipinski definition) is 5. The van der Waals surface area contributed by atoms with Gasteiger partial charge in [-0.2, -0.15) is 0 Å². The Balaban J connectivity index is 1.43. The normalized spacial score (nSPS) is 27.9. The molecule has 0 N–H and O–H groups in total. The smallest absolute Gasteiger partial charge is 0.338 e. The SMILES string of the molecule is COc1ccc2c3c1O[C@H]1C[C@@H](OC(=O)c4ccccc4)CC[C@@]31CCN(C)C2. The van der Waals surface area contributed by atoms with Crippen molar-refractivity contribution >= 4 is 5.97 Å². The van der Waals surface area contributed by atoms with Gasteiger partial charge < -0.3 is 19.1 Å². The fourth-order valence-corrected chi connectivity index (χ4v) is 5.38. The predicted octanol–water partition coefficient (Wildman–Crippen LogP) is 3.94. The summed E-state index contributed by atoms with van der Waals surface area (Å²) in [6, 6.07) is 13.4. The molecule has 3 atom stereocenters. The first kappa shape index (κ1) is 18.5. The fourth-order valence-electron chi connectivity index (χ4n) is 5.38. The molecule has 0 amide bonds. The summed E-state index contributed by atoms with van der Waals surface area (Å²) in [4.78, 5) is 14.9. The summed E-state index contributed by atoms with van der Waals surface area (Å²) >= 11 is 0. The summed E-state index contributed by atoms with van der Waals surface area (Å²) in [6.45, 7) is 1.96. The summed E-state index contributed by atoms with van der Waals surface area (Å²) < 4.78 is 18.0. The van der Waals surface area contributed by atoms with Gasteiger partial charge >= 0.3 is 5.97 Å². The molecule has 1 aliphatic carbocycles. The lowest BCUT2D eigenvalue weighted by molar-refractivity contribution is -0.0166. The third-order valence-corrected chi connectivity index (χ3v) is 6.85. The molecule has 29 heavy (non-hydrogen) atoms. The summed E-state index contributed by atoms with van der Waals surface area (Å²) in [5.74, 6) is 1.46. The van der Waals surface area contributed by atoms with Gasteiger partial charge in [0, 0.05) is 23.9 Å². The van der Waals surface area contributed by atoms with Crippen molar-refractivity contribution in [3.8, 4) is 11.5 Å². The van der Waals surface area contributed by atoms with Crippen LogP contribution in [0.15, 0.2) is 42.5 Å². The Morgan fingerprint density at radius 2 is 2.00 bits per heavy atom. The lowest BCUT2D eigenvalue weighted by atomic mass is 9.65. The van der Waals surface area contributed by atoms with Crippen LogP contribution in [-0.4, -0.2) is 43.8 Å². The van der Waals surface area contributed by atoms with Crippen LogP contribution < -0.4 is 9.47 Å². The Morgan fingerprint density at radius 3 is 2.79 bits per heavy atom. The van der Waals surface area contributed by atoms with E-state index in [1.54, 1.807) is 19.2 Å². The van der Waals surface area contributed by atoms with Crippen molar-refractivity contribution in [3.05, 3.63) is 59.2 Å². The van der Waals surface area contributed by atoms with Crippen LogP contribution >= 0.6 is 0 Å². The molecule has 0 saturated heterocycles. The molecular weight excluding hydrogens is 366 g/mol. The van der Waals surface area contributed by atoms with Crippen LogP contribution in [0.25, 0.3) is 0 Å². The molecule has 0 unspecified atom stereocenters. The number of methoxy groups -OCH3 is 1. The first-order valence-electron chi connectivity index (χ1n) is 10.4. The number of esters is 1. The zero-order valence-corrected chi connectivity index (χ0v) is 17.0. The van der Waals surface area contributed by atoms with Crippen LogP contribution in [0.1, 0.15) is 47.2 Å². The van der Waals surface area contributed by atoms with Gasteiger partial charge in [-0.1, -0.05) is 24.3 Å². The van der Waals surface area contributed by atoms with Gasteiger partial charge in [0.25, 0.3) is 0 Å². The number of carbonyl (C=O) groups excluding carboxylic acids is 1. The van der Waals surface area contributed by atoms with Gasteiger partial charge in [-0.25, -0.2) is 4.79 Å². The first-order chi connectivity index (χ1) is 14.1. The molecule has 5 heteroatoms. The van der Waals surface area contributed by atoms with Crippen LogP contribution in [0.2, 0.25) is 0 Å². The van der Waals surface area contributed by atoms with E-state index in [4.69, 9.17) is 14.2 Å². The molecular formula is C24H27NO4. The summed E-state index contributed by atoms with van der Waals surface area (Å²) in [6.07, 6.45) is 3.49. The maximum atomic E-state index is 12.5. The molecule has 1 fully saturated rings. The minimum atomic E-state index is -0.249. The average Bonchev–Trinajstić information content (AvgIpc) is 3.00. The minimum absolute atomic E-state index is 0.0143. The van der Waals surface area contributed by atoms with Crippen molar-refractivity contribution in [2.75, 3.05) is 20.7 Å². The molecule has 0 bridgehead atoms. The number of rotatable bonds is 3. The van der Waals surface area contributed by atoms with Gasteiger partial charge in [0.1, 0.15) is 12.2 Å². The van der Waals surface area contributed by atoms with Crippen molar-refractivity contribution in [1.29, 1.82) is 0 Å². The molecule has 2 aromatic rings. The van der Waals surface area contributed by atoms with Crippen molar-refractivity contribution in [3.63, 3.8) is 0 Å². The largest absolute Gasteiger partial charge is 0.493 e. The molecule has 1 saturated carbocycles. The fraction of sp³-hybridized carbons (Fsp3) is 0.458. The second-order valence-electron chi connectivity index (χ2n) is 8.55. The van der Waals surface area contributed by atoms with Gasteiger partial charge in [0.15, 0.2) is 11.5 Å². The summed E-state index contributed by atoms with van der Waals surface area (Å²) in [5, 5.41) is 0. The Morgan fingerprint density at radius 1 is 1.17 bits per heavy atom. The highest BCUT2D eigenvalue weighted by Gasteiger charge is 2.55. The molecule has 0 aromatic heterocycles. The van der Waals surface area contributed by atoms with Gasteiger partial charge in [-0.15, -0.1) is 0 Å². The second kappa shape index (κ2) is 7.06. The van der Waals surface area contributed by atoms with Crippen molar-refractivity contribution in [2.24, 2.45) is 0 Å². The van der Waals surface area contributed by atoms with E-state index in [0.717, 1.165) is 50.3 Å².